The maximum Gasteiger partial charge on any atom is 0.263 e. The van der Waals surface area contributed by atoms with Crippen molar-refractivity contribution < 1.29 is 4.79 Å². The van der Waals surface area contributed by atoms with Crippen LogP contribution in [-0.2, 0) is 30.6 Å². The highest BCUT2D eigenvalue weighted by Crippen LogP contribution is 2.34. The normalized spacial score (nSPS) is 13.4. The molecule has 4 rings (SSSR count). The van der Waals surface area contributed by atoms with Gasteiger partial charge in [0.2, 0.25) is 5.91 Å². The van der Waals surface area contributed by atoms with Gasteiger partial charge in [0.05, 0.1) is 11.1 Å². The molecule has 33 heavy (non-hydrogen) atoms. The molecule has 1 aliphatic rings. The fourth-order valence-corrected chi connectivity index (χ4v) is 6.42. The number of hydrogen-bond donors (Lipinski definition) is 1. The van der Waals surface area contributed by atoms with E-state index >= 15 is 0 Å². The number of aryl methyl sites for hydroxylation is 3. The Morgan fingerprint density at radius 2 is 2.00 bits per heavy atom. The fourth-order valence-electron chi connectivity index (χ4n) is 4.26. The van der Waals surface area contributed by atoms with E-state index in [4.69, 9.17) is 4.98 Å². The molecule has 0 unspecified atom stereocenters. The van der Waals surface area contributed by atoms with E-state index in [1.807, 2.05) is 22.8 Å². The molecule has 0 atom stereocenters. The quantitative estimate of drug-likeness (QED) is 0.244. The van der Waals surface area contributed by atoms with Gasteiger partial charge in [0.25, 0.3) is 5.56 Å². The first-order valence-corrected chi connectivity index (χ1v) is 13.8. The summed E-state index contributed by atoms with van der Waals surface area (Å²) in [6.07, 6.45) is 7.13. The van der Waals surface area contributed by atoms with Gasteiger partial charge in [0, 0.05) is 18.0 Å². The summed E-state index contributed by atoms with van der Waals surface area (Å²) in [5.41, 5.74) is 2.59. The van der Waals surface area contributed by atoms with E-state index in [1.54, 1.807) is 11.3 Å². The molecule has 1 N–H and O–H groups in total. The van der Waals surface area contributed by atoms with E-state index in [0.29, 0.717) is 24.2 Å². The Morgan fingerprint density at radius 3 is 2.79 bits per heavy atom. The van der Waals surface area contributed by atoms with Crippen LogP contribution in [0.25, 0.3) is 10.2 Å². The predicted molar refractivity (Wildman–Crippen MR) is 138 cm³/mol. The highest BCUT2D eigenvalue weighted by molar-refractivity contribution is 7.99. The summed E-state index contributed by atoms with van der Waals surface area (Å²) >= 11 is 3.05. The molecule has 0 saturated heterocycles. The smallest absolute Gasteiger partial charge is 0.263 e. The summed E-state index contributed by atoms with van der Waals surface area (Å²) < 4.78 is 1.82. The summed E-state index contributed by atoms with van der Waals surface area (Å²) in [5, 5.41) is 4.51. The first-order valence-electron chi connectivity index (χ1n) is 12.0. The van der Waals surface area contributed by atoms with Crippen LogP contribution in [0.3, 0.4) is 0 Å². The van der Waals surface area contributed by atoms with Crippen molar-refractivity contribution >= 4 is 39.2 Å². The Balaban J connectivity index is 1.43. The average Bonchev–Trinajstić information content (AvgIpc) is 3.19. The highest BCUT2D eigenvalue weighted by atomic mass is 32.2. The molecule has 0 bridgehead atoms. The van der Waals surface area contributed by atoms with Crippen molar-refractivity contribution in [2.24, 2.45) is 5.92 Å². The minimum absolute atomic E-state index is 0.0108. The van der Waals surface area contributed by atoms with Crippen LogP contribution in [0.1, 0.15) is 55.5 Å². The minimum atomic E-state index is -0.0108. The van der Waals surface area contributed by atoms with Crippen LogP contribution in [0.2, 0.25) is 0 Å². The molecular formula is C26H33N3O2S2. The third kappa shape index (κ3) is 6.07. The molecule has 0 saturated carbocycles. The van der Waals surface area contributed by atoms with Crippen molar-refractivity contribution in [3.8, 4) is 0 Å². The van der Waals surface area contributed by atoms with Crippen LogP contribution in [0.4, 0.5) is 0 Å². The van der Waals surface area contributed by atoms with Gasteiger partial charge < -0.3 is 5.32 Å². The summed E-state index contributed by atoms with van der Waals surface area (Å²) in [4.78, 5) is 33.0. The number of fused-ring (bicyclic) bond motifs is 3. The van der Waals surface area contributed by atoms with Crippen molar-refractivity contribution in [3.05, 3.63) is 56.7 Å². The third-order valence-corrected chi connectivity index (χ3v) is 8.27. The molecule has 0 radical (unpaired) electrons. The molecule has 1 aliphatic carbocycles. The summed E-state index contributed by atoms with van der Waals surface area (Å²) in [6, 6.07) is 10.3. The van der Waals surface area contributed by atoms with Gasteiger partial charge in [0.1, 0.15) is 4.83 Å². The number of carbonyl (C=O) groups excluding carboxylic acids is 1. The minimum Gasteiger partial charge on any atom is -0.355 e. The Morgan fingerprint density at radius 1 is 1.21 bits per heavy atom. The van der Waals surface area contributed by atoms with Gasteiger partial charge >= 0.3 is 0 Å². The molecule has 7 heteroatoms. The number of nitrogens with zero attached hydrogens (tertiary/aromatic N) is 2. The van der Waals surface area contributed by atoms with Crippen molar-refractivity contribution in [3.63, 3.8) is 0 Å². The van der Waals surface area contributed by atoms with Crippen molar-refractivity contribution in [1.82, 2.24) is 14.9 Å². The summed E-state index contributed by atoms with van der Waals surface area (Å²) in [6.45, 7) is 5.63. The molecule has 0 fully saturated rings. The molecule has 2 heterocycles. The zero-order valence-electron chi connectivity index (χ0n) is 19.6. The lowest BCUT2D eigenvalue weighted by Gasteiger charge is -2.14. The van der Waals surface area contributed by atoms with Crippen molar-refractivity contribution in [1.29, 1.82) is 0 Å². The molecule has 5 nitrogen and oxygen atoms in total. The maximum atomic E-state index is 13.5. The van der Waals surface area contributed by atoms with Crippen molar-refractivity contribution in [2.75, 3.05) is 12.3 Å². The van der Waals surface area contributed by atoms with Crippen LogP contribution < -0.4 is 10.9 Å². The second kappa shape index (κ2) is 11.3. The van der Waals surface area contributed by atoms with Gasteiger partial charge in [-0.2, -0.15) is 0 Å². The fraction of sp³-hybridized carbons (Fsp3) is 0.500. The molecule has 176 valence electrons. The third-order valence-electron chi connectivity index (χ3n) is 6.11. The van der Waals surface area contributed by atoms with Crippen LogP contribution in [0.15, 0.2) is 40.3 Å². The second-order valence-electron chi connectivity index (χ2n) is 9.15. The molecular weight excluding hydrogens is 450 g/mol. The number of rotatable bonds is 10. The van der Waals surface area contributed by atoms with Crippen LogP contribution in [0.5, 0.6) is 0 Å². The average molecular weight is 484 g/mol. The zero-order valence-corrected chi connectivity index (χ0v) is 21.2. The van der Waals surface area contributed by atoms with Crippen LogP contribution in [-0.4, -0.2) is 27.8 Å². The maximum absolute atomic E-state index is 13.5. The number of thiophene rings is 1. The number of benzene rings is 1. The topological polar surface area (TPSA) is 64.0 Å². The van der Waals surface area contributed by atoms with E-state index in [-0.39, 0.29) is 17.2 Å². The molecule has 2 aromatic heterocycles. The Labute approximate surface area is 204 Å². The van der Waals surface area contributed by atoms with Gasteiger partial charge in [-0.25, -0.2) is 4.98 Å². The monoisotopic (exact) mass is 483 g/mol. The van der Waals surface area contributed by atoms with E-state index in [0.717, 1.165) is 48.7 Å². The summed E-state index contributed by atoms with van der Waals surface area (Å²) in [7, 11) is 0. The highest BCUT2D eigenvalue weighted by Gasteiger charge is 2.22. The molecule has 1 amide bonds. The lowest BCUT2D eigenvalue weighted by molar-refractivity contribution is -0.118. The van der Waals surface area contributed by atoms with E-state index < -0.39 is 0 Å². The van der Waals surface area contributed by atoms with Crippen molar-refractivity contribution in [2.45, 2.75) is 70.5 Å². The van der Waals surface area contributed by atoms with E-state index in [2.05, 4.69) is 31.3 Å². The lowest BCUT2D eigenvalue weighted by atomic mass is 9.97. The lowest BCUT2D eigenvalue weighted by Crippen LogP contribution is -2.28. The number of carbonyl (C=O) groups is 1. The Hall–Kier alpha value is -2.12. The summed E-state index contributed by atoms with van der Waals surface area (Å²) in [5.74, 6) is 0.758. The number of hydrogen-bond acceptors (Lipinski definition) is 5. The van der Waals surface area contributed by atoms with Gasteiger partial charge in [-0.15, -0.1) is 11.3 Å². The van der Waals surface area contributed by atoms with E-state index in [1.165, 1.54) is 34.2 Å². The number of thioether (sulfide) groups is 1. The van der Waals surface area contributed by atoms with Crippen LogP contribution >= 0.6 is 23.1 Å². The first-order chi connectivity index (χ1) is 16.0. The first kappa shape index (κ1) is 24.0. The van der Waals surface area contributed by atoms with E-state index in [9.17, 15) is 9.59 Å². The molecule has 1 aromatic carbocycles. The predicted octanol–water partition coefficient (Wildman–Crippen LogP) is 5.22. The SMILES string of the molecule is CC(C)CCn1c(SCC(=O)NCCCc2ccccc2)nc2sc3c(c2c1=O)CCCC3. The van der Waals surface area contributed by atoms with Gasteiger partial charge in [0.15, 0.2) is 5.16 Å². The van der Waals surface area contributed by atoms with Gasteiger partial charge in [-0.3, -0.25) is 14.2 Å². The second-order valence-corrected chi connectivity index (χ2v) is 11.2. The standard InChI is InChI=1S/C26H33N3O2S2/c1-18(2)14-16-29-25(31)23-20-12-6-7-13-21(20)33-24(23)28-26(29)32-17-22(30)27-15-8-11-19-9-4-3-5-10-19/h3-5,9-10,18H,6-8,11-17H2,1-2H3,(H,27,30). The Bertz CT molecular complexity index is 1150. The number of nitrogens with one attached hydrogen (secondary N) is 1. The molecule has 0 aliphatic heterocycles. The molecule has 3 aromatic rings. The zero-order chi connectivity index (χ0) is 23.2. The van der Waals surface area contributed by atoms with Gasteiger partial charge in [-0.1, -0.05) is 55.9 Å². The largest absolute Gasteiger partial charge is 0.355 e. The Kier molecular flexibility index (Phi) is 8.25. The number of aromatic nitrogens is 2. The number of amides is 1. The molecule has 0 spiro atoms. The van der Waals surface area contributed by atoms with Crippen LogP contribution in [0, 0.1) is 5.92 Å². The van der Waals surface area contributed by atoms with Gasteiger partial charge in [-0.05, 0) is 62.0 Å².